The fourth-order valence-electron chi connectivity index (χ4n) is 3.81. The number of nitrogens with zero attached hydrogens (tertiary/aromatic N) is 1. The molecule has 6 nitrogen and oxygen atoms in total. The number of para-hydroxylation sites is 1. The van der Waals surface area contributed by atoms with Crippen LogP contribution in [0, 0.1) is 0 Å². The minimum Gasteiger partial charge on any atom is -0.491 e. The van der Waals surface area contributed by atoms with Crippen LogP contribution in [0.5, 0.6) is 11.5 Å². The van der Waals surface area contributed by atoms with Crippen molar-refractivity contribution in [3.05, 3.63) is 78.9 Å². The summed E-state index contributed by atoms with van der Waals surface area (Å²) in [6, 6.07) is 26.8. The van der Waals surface area contributed by atoms with Gasteiger partial charge in [0.15, 0.2) is 17.1 Å². The molecule has 3 aromatic rings. The third-order valence-electron chi connectivity index (χ3n) is 5.69. The average molecular weight is 420 g/mol. The zero-order valence-electron chi connectivity index (χ0n) is 17.6. The SMILES string of the molecule is CN[N+](c1ccccc1)(c1ccc(OCC2CO2)cc1)c1ccc(OC2CCO2)cc1. The van der Waals surface area contributed by atoms with E-state index in [1.165, 1.54) is 0 Å². The summed E-state index contributed by atoms with van der Waals surface area (Å²) in [5.74, 6) is 1.65. The maximum Gasteiger partial charge on any atom is 0.202 e. The molecule has 2 fully saturated rings. The molecular weight excluding hydrogens is 392 g/mol. The quantitative estimate of drug-likeness (QED) is 0.310. The van der Waals surface area contributed by atoms with Crippen LogP contribution >= 0.6 is 0 Å². The Labute approximate surface area is 182 Å². The summed E-state index contributed by atoms with van der Waals surface area (Å²) < 4.78 is 22.7. The Morgan fingerprint density at radius 2 is 1.42 bits per heavy atom. The van der Waals surface area contributed by atoms with Crippen LogP contribution in [0.15, 0.2) is 78.9 Å². The lowest BCUT2D eigenvalue weighted by atomic mass is 10.1. The lowest BCUT2D eigenvalue weighted by Crippen LogP contribution is -2.49. The van der Waals surface area contributed by atoms with Gasteiger partial charge >= 0.3 is 0 Å². The zero-order valence-corrected chi connectivity index (χ0v) is 17.6. The van der Waals surface area contributed by atoms with Crippen molar-refractivity contribution in [3.63, 3.8) is 0 Å². The van der Waals surface area contributed by atoms with Gasteiger partial charge in [-0.1, -0.05) is 18.2 Å². The van der Waals surface area contributed by atoms with Crippen LogP contribution < -0.4 is 19.5 Å². The van der Waals surface area contributed by atoms with Gasteiger partial charge < -0.3 is 18.9 Å². The predicted octanol–water partition coefficient (Wildman–Crippen LogP) is 4.69. The second-order valence-electron chi connectivity index (χ2n) is 7.69. The van der Waals surface area contributed by atoms with Crippen LogP contribution in [0.2, 0.25) is 0 Å². The van der Waals surface area contributed by atoms with Crippen molar-refractivity contribution in [1.82, 2.24) is 10.0 Å². The van der Waals surface area contributed by atoms with E-state index in [9.17, 15) is 0 Å². The highest BCUT2D eigenvalue weighted by Gasteiger charge is 2.36. The second kappa shape index (κ2) is 8.69. The van der Waals surface area contributed by atoms with Gasteiger partial charge in [-0.3, -0.25) is 0 Å². The zero-order chi connectivity index (χ0) is 21.1. The summed E-state index contributed by atoms with van der Waals surface area (Å²) in [5.41, 5.74) is 6.77. The van der Waals surface area contributed by atoms with E-state index in [0.717, 1.165) is 48.2 Å². The maximum atomic E-state index is 5.85. The molecule has 2 saturated heterocycles. The molecule has 0 amide bonds. The highest BCUT2D eigenvalue weighted by atomic mass is 16.7. The number of epoxide rings is 1. The fourth-order valence-corrected chi connectivity index (χ4v) is 3.81. The minimum atomic E-state index is -0.128. The van der Waals surface area contributed by atoms with Crippen LogP contribution in [-0.2, 0) is 9.47 Å². The number of rotatable bonds is 9. The van der Waals surface area contributed by atoms with Crippen LogP contribution in [0.25, 0.3) is 0 Å². The Balaban J connectivity index is 1.48. The first-order valence-corrected chi connectivity index (χ1v) is 10.7. The molecule has 0 saturated carbocycles. The number of ether oxygens (including phenoxy) is 4. The number of hydrogen-bond donors (Lipinski definition) is 1. The first-order chi connectivity index (χ1) is 15.3. The Morgan fingerprint density at radius 1 is 0.839 bits per heavy atom. The number of quaternary nitrogens is 1. The molecule has 2 heterocycles. The molecule has 3 unspecified atom stereocenters. The summed E-state index contributed by atoms with van der Waals surface area (Å²) in [6.07, 6.45) is 1.04. The van der Waals surface area contributed by atoms with Gasteiger partial charge in [0.05, 0.1) is 13.2 Å². The van der Waals surface area contributed by atoms with Crippen LogP contribution in [0.3, 0.4) is 0 Å². The summed E-state index contributed by atoms with van der Waals surface area (Å²) in [4.78, 5) is 0. The molecule has 5 rings (SSSR count). The van der Waals surface area contributed by atoms with E-state index in [1.807, 2.05) is 37.4 Å². The molecule has 2 aliphatic heterocycles. The highest BCUT2D eigenvalue weighted by Crippen LogP contribution is 2.42. The smallest absolute Gasteiger partial charge is 0.202 e. The molecule has 0 aromatic heterocycles. The van der Waals surface area contributed by atoms with Crippen molar-refractivity contribution in [2.75, 3.05) is 26.9 Å². The van der Waals surface area contributed by atoms with E-state index in [4.69, 9.17) is 18.9 Å². The number of benzene rings is 3. The Bertz CT molecular complexity index is 986. The largest absolute Gasteiger partial charge is 0.491 e. The Hall–Kier alpha value is -2.90. The van der Waals surface area contributed by atoms with Crippen molar-refractivity contribution >= 4 is 17.1 Å². The third-order valence-corrected chi connectivity index (χ3v) is 5.69. The summed E-state index contributed by atoms with van der Waals surface area (Å²) >= 11 is 0. The van der Waals surface area contributed by atoms with Crippen molar-refractivity contribution in [3.8, 4) is 11.5 Å². The molecule has 31 heavy (non-hydrogen) atoms. The van der Waals surface area contributed by atoms with Gasteiger partial charge in [-0.05, 0) is 24.3 Å². The van der Waals surface area contributed by atoms with Gasteiger partial charge in [0, 0.05) is 49.9 Å². The molecular formula is C25H27N2O4+. The lowest BCUT2D eigenvalue weighted by molar-refractivity contribution is -0.165. The highest BCUT2D eigenvalue weighted by molar-refractivity contribution is 5.70. The lowest BCUT2D eigenvalue weighted by Gasteiger charge is -2.35. The Morgan fingerprint density at radius 3 is 1.94 bits per heavy atom. The van der Waals surface area contributed by atoms with Crippen molar-refractivity contribution < 1.29 is 18.9 Å². The predicted molar refractivity (Wildman–Crippen MR) is 120 cm³/mol. The van der Waals surface area contributed by atoms with E-state index in [2.05, 4.69) is 54.0 Å². The Kier molecular flexibility index (Phi) is 5.61. The van der Waals surface area contributed by atoms with Crippen LogP contribution in [0.4, 0.5) is 17.1 Å². The topological polar surface area (TPSA) is 52.2 Å². The molecule has 160 valence electrons. The average Bonchev–Trinajstić information content (AvgIpc) is 3.63. The van der Waals surface area contributed by atoms with Gasteiger partial charge in [-0.2, -0.15) is 10.0 Å². The molecule has 0 bridgehead atoms. The molecule has 0 radical (unpaired) electrons. The first-order valence-electron chi connectivity index (χ1n) is 10.7. The molecule has 3 aromatic carbocycles. The second-order valence-corrected chi connectivity index (χ2v) is 7.69. The van der Waals surface area contributed by atoms with Gasteiger partial charge in [-0.25, -0.2) is 0 Å². The summed E-state index contributed by atoms with van der Waals surface area (Å²) in [5, 5.41) is 0. The summed E-state index contributed by atoms with van der Waals surface area (Å²) in [7, 11) is 1.97. The molecule has 2 aliphatic rings. The van der Waals surface area contributed by atoms with E-state index in [1.54, 1.807) is 0 Å². The van der Waals surface area contributed by atoms with Crippen molar-refractivity contribution in [1.29, 1.82) is 0 Å². The summed E-state index contributed by atoms with van der Waals surface area (Å²) in [6.45, 7) is 2.15. The number of nitrogens with one attached hydrogen (secondary N) is 1. The van der Waals surface area contributed by atoms with Crippen molar-refractivity contribution in [2.24, 2.45) is 0 Å². The van der Waals surface area contributed by atoms with Crippen LogP contribution in [-0.4, -0.2) is 39.3 Å². The normalized spacial score (nSPS) is 21.6. The monoisotopic (exact) mass is 419 g/mol. The number of hydrogen-bond acceptors (Lipinski definition) is 5. The molecule has 1 N–H and O–H groups in total. The molecule has 3 atom stereocenters. The van der Waals surface area contributed by atoms with Gasteiger partial charge in [0.25, 0.3) is 0 Å². The van der Waals surface area contributed by atoms with Gasteiger partial charge in [0.1, 0.15) is 24.2 Å². The fraction of sp³-hybridized carbons (Fsp3) is 0.280. The first kappa shape index (κ1) is 20.0. The third kappa shape index (κ3) is 4.16. The van der Waals surface area contributed by atoms with Crippen molar-refractivity contribution in [2.45, 2.75) is 18.8 Å². The van der Waals surface area contributed by atoms with E-state index >= 15 is 0 Å². The van der Waals surface area contributed by atoms with E-state index in [0.29, 0.717) is 11.2 Å². The molecule has 0 aliphatic carbocycles. The minimum absolute atomic E-state index is 0.128. The van der Waals surface area contributed by atoms with Crippen LogP contribution in [0.1, 0.15) is 6.42 Å². The maximum absolute atomic E-state index is 5.85. The standard InChI is InChI=1S/C25H27N2O4/c1-26-27(19-5-3-2-4-6-19,20-7-11-22(12-8-20)29-17-24-18-30-24)21-9-13-23(14-10-21)31-25-15-16-28-25/h2-14,24-26H,15-18H2,1H3/q+1. The molecule has 0 spiro atoms. The molecule has 6 heteroatoms. The van der Waals surface area contributed by atoms with E-state index in [-0.39, 0.29) is 12.4 Å². The van der Waals surface area contributed by atoms with Gasteiger partial charge in [-0.15, -0.1) is 0 Å². The van der Waals surface area contributed by atoms with E-state index < -0.39 is 0 Å². The van der Waals surface area contributed by atoms with Gasteiger partial charge in [0.2, 0.25) is 6.29 Å².